The predicted octanol–water partition coefficient (Wildman–Crippen LogP) is 4.10. The fourth-order valence-corrected chi connectivity index (χ4v) is 2.52. The summed E-state index contributed by atoms with van der Waals surface area (Å²) < 4.78 is 10.8. The van der Waals surface area contributed by atoms with E-state index in [9.17, 15) is 0 Å². The van der Waals surface area contributed by atoms with Crippen molar-refractivity contribution in [2.24, 2.45) is 5.41 Å². The second kappa shape index (κ2) is 6.98. The van der Waals surface area contributed by atoms with Crippen LogP contribution in [-0.2, 0) is 0 Å². The van der Waals surface area contributed by atoms with Crippen LogP contribution in [0.15, 0.2) is 12.1 Å². The van der Waals surface area contributed by atoms with Gasteiger partial charge in [0.1, 0.15) is 0 Å². The second-order valence-electron chi connectivity index (χ2n) is 6.44. The van der Waals surface area contributed by atoms with Crippen LogP contribution in [0.2, 0.25) is 0 Å². The van der Waals surface area contributed by atoms with E-state index in [0.29, 0.717) is 6.04 Å². The van der Waals surface area contributed by atoms with Gasteiger partial charge in [-0.25, -0.2) is 0 Å². The maximum atomic E-state index is 5.44. The number of ether oxygens (including phenoxy) is 2. The molecule has 0 aliphatic heterocycles. The van der Waals surface area contributed by atoms with Gasteiger partial charge in [-0.1, -0.05) is 27.7 Å². The Bertz CT molecular complexity index is 435. The van der Waals surface area contributed by atoms with Crippen LogP contribution in [0.25, 0.3) is 0 Å². The number of hydrogen-bond donors (Lipinski definition) is 1. The Labute approximate surface area is 123 Å². The van der Waals surface area contributed by atoms with Crippen LogP contribution in [0.3, 0.4) is 0 Å². The average molecular weight is 279 g/mol. The standard InChI is InChI=1S/C17H29NO2/c1-8-18-14(11-17(3,4)5)13-10-16(20-7)15(19-6)9-12(13)2/h9-10,14,18H,8,11H2,1-7H3. The number of nitrogens with one attached hydrogen (secondary N) is 1. The van der Waals surface area contributed by atoms with Crippen molar-refractivity contribution in [3.63, 3.8) is 0 Å². The van der Waals surface area contributed by atoms with E-state index >= 15 is 0 Å². The minimum Gasteiger partial charge on any atom is -0.493 e. The van der Waals surface area contributed by atoms with E-state index in [-0.39, 0.29) is 5.41 Å². The molecule has 0 radical (unpaired) electrons. The van der Waals surface area contributed by atoms with Gasteiger partial charge >= 0.3 is 0 Å². The van der Waals surface area contributed by atoms with Gasteiger partial charge in [0, 0.05) is 6.04 Å². The second-order valence-corrected chi connectivity index (χ2v) is 6.44. The molecular formula is C17H29NO2. The highest BCUT2D eigenvalue weighted by molar-refractivity contribution is 5.48. The first kappa shape index (κ1) is 16.8. The molecule has 1 N–H and O–H groups in total. The number of hydrogen-bond acceptors (Lipinski definition) is 3. The molecule has 114 valence electrons. The monoisotopic (exact) mass is 279 g/mol. The Kier molecular flexibility index (Phi) is 5.88. The van der Waals surface area contributed by atoms with Gasteiger partial charge in [-0.05, 0) is 48.6 Å². The van der Waals surface area contributed by atoms with E-state index in [4.69, 9.17) is 9.47 Å². The van der Waals surface area contributed by atoms with E-state index in [1.165, 1.54) is 11.1 Å². The summed E-state index contributed by atoms with van der Waals surface area (Å²) in [5.41, 5.74) is 2.80. The summed E-state index contributed by atoms with van der Waals surface area (Å²) >= 11 is 0. The topological polar surface area (TPSA) is 30.5 Å². The first-order valence-corrected chi connectivity index (χ1v) is 7.28. The van der Waals surface area contributed by atoms with Gasteiger partial charge in [0.25, 0.3) is 0 Å². The minimum absolute atomic E-state index is 0.270. The van der Waals surface area contributed by atoms with Crippen molar-refractivity contribution < 1.29 is 9.47 Å². The highest BCUT2D eigenvalue weighted by Gasteiger charge is 2.22. The van der Waals surface area contributed by atoms with Crippen LogP contribution in [0.4, 0.5) is 0 Å². The Morgan fingerprint density at radius 1 is 1.10 bits per heavy atom. The molecule has 0 heterocycles. The molecule has 0 saturated carbocycles. The highest BCUT2D eigenvalue weighted by atomic mass is 16.5. The third-order valence-corrected chi connectivity index (χ3v) is 3.41. The average Bonchev–Trinajstić information content (AvgIpc) is 2.36. The molecule has 1 atom stereocenters. The van der Waals surface area contributed by atoms with Crippen LogP contribution in [-0.4, -0.2) is 20.8 Å². The lowest BCUT2D eigenvalue weighted by Crippen LogP contribution is -2.26. The smallest absolute Gasteiger partial charge is 0.161 e. The van der Waals surface area contributed by atoms with Gasteiger partial charge in [0.2, 0.25) is 0 Å². The highest BCUT2D eigenvalue weighted by Crippen LogP contribution is 2.36. The van der Waals surface area contributed by atoms with Gasteiger partial charge in [-0.3, -0.25) is 0 Å². The Hall–Kier alpha value is -1.22. The first-order chi connectivity index (χ1) is 9.32. The van der Waals surface area contributed by atoms with Gasteiger partial charge in [-0.2, -0.15) is 0 Å². The van der Waals surface area contributed by atoms with E-state index < -0.39 is 0 Å². The van der Waals surface area contributed by atoms with Crippen molar-refractivity contribution in [3.8, 4) is 11.5 Å². The Morgan fingerprint density at radius 2 is 1.65 bits per heavy atom. The fraction of sp³-hybridized carbons (Fsp3) is 0.647. The van der Waals surface area contributed by atoms with Gasteiger partial charge in [-0.15, -0.1) is 0 Å². The summed E-state index contributed by atoms with van der Waals surface area (Å²) in [5.74, 6) is 1.59. The van der Waals surface area contributed by atoms with Gasteiger partial charge in [0.15, 0.2) is 11.5 Å². The molecule has 20 heavy (non-hydrogen) atoms. The van der Waals surface area contributed by atoms with Gasteiger partial charge < -0.3 is 14.8 Å². The number of methoxy groups -OCH3 is 2. The van der Waals surface area contributed by atoms with E-state index in [1.807, 2.05) is 0 Å². The SMILES string of the molecule is CCNC(CC(C)(C)C)c1cc(OC)c(OC)cc1C. The molecule has 3 heteroatoms. The minimum atomic E-state index is 0.270. The summed E-state index contributed by atoms with van der Waals surface area (Å²) in [4.78, 5) is 0. The molecular weight excluding hydrogens is 250 g/mol. The zero-order valence-electron chi connectivity index (χ0n) is 14.0. The van der Waals surface area contributed by atoms with Crippen molar-refractivity contribution >= 4 is 0 Å². The van der Waals surface area contributed by atoms with Crippen LogP contribution >= 0.6 is 0 Å². The molecule has 3 nitrogen and oxygen atoms in total. The third-order valence-electron chi connectivity index (χ3n) is 3.41. The molecule has 0 bridgehead atoms. The van der Waals surface area contributed by atoms with Crippen molar-refractivity contribution in [1.82, 2.24) is 5.32 Å². The molecule has 1 aromatic carbocycles. The summed E-state index contributed by atoms with van der Waals surface area (Å²) in [6, 6.07) is 4.49. The summed E-state index contributed by atoms with van der Waals surface area (Å²) in [6.45, 7) is 12.0. The van der Waals surface area contributed by atoms with Gasteiger partial charge in [0.05, 0.1) is 14.2 Å². The maximum Gasteiger partial charge on any atom is 0.161 e. The molecule has 0 amide bonds. The Morgan fingerprint density at radius 3 is 2.10 bits per heavy atom. The molecule has 1 rings (SSSR count). The lowest BCUT2D eigenvalue weighted by Gasteiger charge is -2.28. The summed E-state index contributed by atoms with van der Waals surface area (Å²) in [7, 11) is 3.36. The van der Waals surface area contributed by atoms with Crippen LogP contribution in [0.5, 0.6) is 11.5 Å². The first-order valence-electron chi connectivity index (χ1n) is 7.28. The maximum absolute atomic E-state index is 5.44. The van der Waals surface area contributed by atoms with E-state index in [0.717, 1.165) is 24.5 Å². The van der Waals surface area contributed by atoms with Crippen LogP contribution < -0.4 is 14.8 Å². The molecule has 1 aromatic rings. The largest absolute Gasteiger partial charge is 0.493 e. The van der Waals surface area contributed by atoms with Crippen LogP contribution in [0, 0.1) is 12.3 Å². The normalized spacial score (nSPS) is 13.2. The predicted molar refractivity (Wildman–Crippen MR) is 84.8 cm³/mol. The molecule has 0 saturated heterocycles. The van der Waals surface area contributed by atoms with Crippen LogP contribution in [0.1, 0.15) is 51.3 Å². The summed E-state index contributed by atoms with van der Waals surface area (Å²) in [6.07, 6.45) is 1.08. The molecule has 1 unspecified atom stereocenters. The van der Waals surface area contributed by atoms with Crippen molar-refractivity contribution in [3.05, 3.63) is 23.3 Å². The zero-order valence-corrected chi connectivity index (χ0v) is 14.0. The Balaban J connectivity index is 3.18. The van der Waals surface area contributed by atoms with E-state index in [1.54, 1.807) is 14.2 Å². The number of rotatable bonds is 6. The molecule has 0 aliphatic carbocycles. The quantitative estimate of drug-likeness (QED) is 0.850. The van der Waals surface area contributed by atoms with E-state index in [2.05, 4.69) is 52.1 Å². The third kappa shape index (κ3) is 4.41. The van der Waals surface area contributed by atoms with Crippen molar-refractivity contribution in [2.75, 3.05) is 20.8 Å². The molecule has 0 fully saturated rings. The number of aryl methyl sites for hydroxylation is 1. The zero-order chi connectivity index (χ0) is 15.3. The molecule has 0 aromatic heterocycles. The lowest BCUT2D eigenvalue weighted by molar-refractivity contribution is 0.311. The molecule has 0 aliphatic rings. The molecule has 0 spiro atoms. The fourth-order valence-electron chi connectivity index (χ4n) is 2.52. The number of benzene rings is 1. The summed E-state index contributed by atoms with van der Waals surface area (Å²) in [5, 5.41) is 3.59. The lowest BCUT2D eigenvalue weighted by atomic mass is 9.84. The van der Waals surface area contributed by atoms with Crippen molar-refractivity contribution in [1.29, 1.82) is 0 Å². The van der Waals surface area contributed by atoms with Crippen molar-refractivity contribution in [2.45, 2.75) is 47.1 Å².